The van der Waals surface area contributed by atoms with Crippen molar-refractivity contribution in [2.45, 2.75) is 37.5 Å². The van der Waals surface area contributed by atoms with Crippen molar-refractivity contribution < 1.29 is 19.8 Å². The number of aliphatic hydroxyl groups is 1. The molecule has 9 N–H and O–H groups in total. The van der Waals surface area contributed by atoms with Gasteiger partial charge in [0, 0.05) is 12.6 Å². The summed E-state index contributed by atoms with van der Waals surface area (Å²) in [4.78, 5) is 27.0. The number of nitrogens with two attached hydrogens (primary N) is 3. The summed E-state index contributed by atoms with van der Waals surface area (Å²) in [6.45, 7) is 0.248. The average Bonchev–Trinajstić information content (AvgIpc) is 2.57. The molecular weight excluding hydrogens is 326 g/mol. The van der Waals surface area contributed by atoms with Crippen LogP contribution in [0.1, 0.15) is 18.4 Å². The number of carboxylic acid groups (broad SMARTS) is 1. The van der Waals surface area contributed by atoms with Gasteiger partial charge in [-0.15, -0.1) is 0 Å². The zero-order valence-electron chi connectivity index (χ0n) is 13.8. The molecule has 138 valence electrons. The molecule has 0 saturated carbocycles. The van der Waals surface area contributed by atoms with Crippen LogP contribution in [-0.2, 0) is 16.0 Å². The summed E-state index contributed by atoms with van der Waals surface area (Å²) in [6, 6.07) is 7.15. The Hall–Kier alpha value is -2.65. The molecule has 0 unspecified atom stereocenters. The number of guanidine groups is 1. The highest BCUT2D eigenvalue weighted by molar-refractivity contribution is 5.86. The summed E-state index contributed by atoms with van der Waals surface area (Å²) in [5.41, 5.74) is 17.1. The predicted octanol–water partition coefficient (Wildman–Crippen LogP) is -1.46. The van der Waals surface area contributed by atoms with Crippen LogP contribution < -0.4 is 22.5 Å². The molecule has 0 radical (unpaired) electrons. The maximum absolute atomic E-state index is 12.1. The average molecular weight is 351 g/mol. The smallest absolute Gasteiger partial charge is 0.326 e. The van der Waals surface area contributed by atoms with E-state index >= 15 is 0 Å². The Bertz CT molecular complexity index is 589. The normalized spacial score (nSPS) is 14.2. The number of carbonyl (C=O) groups excluding carboxylic acids is 1. The summed E-state index contributed by atoms with van der Waals surface area (Å²) < 4.78 is 0. The first-order chi connectivity index (χ1) is 11.8. The number of aliphatic carboxylic acids is 1. The lowest BCUT2D eigenvalue weighted by molar-refractivity contribution is -0.143. The quantitative estimate of drug-likeness (QED) is 0.169. The highest BCUT2D eigenvalue weighted by Crippen LogP contribution is 2.06. The lowest BCUT2D eigenvalue weighted by Crippen LogP contribution is -2.52. The molecule has 1 aromatic carbocycles. The van der Waals surface area contributed by atoms with E-state index in [1.807, 2.05) is 30.3 Å². The molecule has 0 aliphatic rings. The number of rotatable bonds is 10. The minimum absolute atomic E-state index is 0.0850. The summed E-state index contributed by atoms with van der Waals surface area (Å²) in [7, 11) is 0. The number of aliphatic hydroxyl groups excluding tert-OH is 1. The molecule has 0 aromatic heterocycles. The third-order valence-corrected chi connectivity index (χ3v) is 3.55. The summed E-state index contributed by atoms with van der Waals surface area (Å²) >= 11 is 0. The van der Waals surface area contributed by atoms with Gasteiger partial charge in [0.15, 0.2) is 5.96 Å². The van der Waals surface area contributed by atoms with Crippen molar-refractivity contribution >= 4 is 17.8 Å². The van der Waals surface area contributed by atoms with Gasteiger partial charge < -0.3 is 32.7 Å². The molecule has 0 heterocycles. The third-order valence-electron chi connectivity index (χ3n) is 3.55. The highest BCUT2D eigenvalue weighted by Gasteiger charge is 2.27. The number of amides is 1. The van der Waals surface area contributed by atoms with Gasteiger partial charge in [-0.25, -0.2) is 4.79 Å². The Kier molecular flexibility index (Phi) is 8.37. The second kappa shape index (κ2) is 10.3. The van der Waals surface area contributed by atoms with E-state index in [1.54, 1.807) is 0 Å². The lowest BCUT2D eigenvalue weighted by Gasteiger charge is -2.21. The van der Waals surface area contributed by atoms with Crippen LogP contribution in [0.25, 0.3) is 0 Å². The number of nitrogens with one attached hydrogen (secondary N) is 1. The number of hydrogen-bond acceptors (Lipinski definition) is 5. The SMILES string of the molecule is NC(N)=NCCC[C@H](NC(=O)[C@@H](O)[C@@H](N)Cc1ccccc1)C(=O)O. The van der Waals surface area contributed by atoms with E-state index in [4.69, 9.17) is 17.2 Å². The van der Waals surface area contributed by atoms with Crippen molar-refractivity contribution in [3.63, 3.8) is 0 Å². The van der Waals surface area contributed by atoms with Crippen molar-refractivity contribution in [2.24, 2.45) is 22.2 Å². The van der Waals surface area contributed by atoms with E-state index in [2.05, 4.69) is 10.3 Å². The van der Waals surface area contributed by atoms with Crippen molar-refractivity contribution in [3.8, 4) is 0 Å². The molecule has 0 aliphatic carbocycles. The second-order valence-corrected chi connectivity index (χ2v) is 5.65. The number of carbonyl (C=O) groups is 2. The van der Waals surface area contributed by atoms with E-state index in [0.717, 1.165) is 5.56 Å². The lowest BCUT2D eigenvalue weighted by atomic mass is 10.0. The second-order valence-electron chi connectivity index (χ2n) is 5.65. The molecule has 25 heavy (non-hydrogen) atoms. The van der Waals surface area contributed by atoms with Gasteiger partial charge in [-0.1, -0.05) is 30.3 Å². The number of carboxylic acids is 1. The summed E-state index contributed by atoms with van der Waals surface area (Å²) in [5, 5.41) is 21.5. The van der Waals surface area contributed by atoms with Gasteiger partial charge in [0.1, 0.15) is 12.1 Å². The van der Waals surface area contributed by atoms with E-state index in [-0.39, 0.29) is 25.3 Å². The van der Waals surface area contributed by atoms with Crippen molar-refractivity contribution in [2.75, 3.05) is 6.54 Å². The molecule has 1 amide bonds. The van der Waals surface area contributed by atoms with Gasteiger partial charge >= 0.3 is 5.97 Å². The molecule has 9 nitrogen and oxygen atoms in total. The number of nitrogens with zero attached hydrogens (tertiary/aromatic N) is 1. The first-order valence-corrected chi connectivity index (χ1v) is 7.87. The van der Waals surface area contributed by atoms with Gasteiger partial charge in [0.25, 0.3) is 5.91 Å². The Morgan fingerprint density at radius 1 is 1.20 bits per heavy atom. The Morgan fingerprint density at radius 2 is 1.84 bits per heavy atom. The molecule has 0 spiro atoms. The molecular formula is C16H25N5O4. The van der Waals surface area contributed by atoms with Crippen LogP contribution in [0.4, 0.5) is 0 Å². The monoisotopic (exact) mass is 351 g/mol. The van der Waals surface area contributed by atoms with Gasteiger partial charge in [0.2, 0.25) is 0 Å². The van der Waals surface area contributed by atoms with Gasteiger partial charge in [-0.3, -0.25) is 9.79 Å². The maximum Gasteiger partial charge on any atom is 0.326 e. The molecule has 3 atom stereocenters. The zero-order valence-corrected chi connectivity index (χ0v) is 13.8. The summed E-state index contributed by atoms with van der Waals surface area (Å²) in [6.07, 6.45) is -0.739. The molecule has 1 rings (SSSR count). The fourth-order valence-corrected chi connectivity index (χ4v) is 2.21. The first-order valence-electron chi connectivity index (χ1n) is 7.87. The highest BCUT2D eigenvalue weighted by atomic mass is 16.4. The fraction of sp³-hybridized carbons (Fsp3) is 0.438. The molecule has 0 fully saturated rings. The minimum Gasteiger partial charge on any atom is -0.480 e. The number of hydrogen-bond donors (Lipinski definition) is 6. The van der Waals surface area contributed by atoms with E-state index in [9.17, 15) is 19.8 Å². The van der Waals surface area contributed by atoms with Crippen LogP contribution in [0.2, 0.25) is 0 Å². The van der Waals surface area contributed by atoms with E-state index in [1.165, 1.54) is 0 Å². The van der Waals surface area contributed by atoms with Gasteiger partial charge in [0.05, 0.1) is 0 Å². The number of aliphatic imine (C=N–C) groups is 1. The van der Waals surface area contributed by atoms with Crippen molar-refractivity contribution in [3.05, 3.63) is 35.9 Å². The minimum atomic E-state index is -1.51. The standard InChI is InChI=1S/C16H25N5O4/c17-11(9-10-5-2-1-3-6-10)13(22)14(23)21-12(15(24)25)7-4-8-20-16(18)19/h1-3,5-6,11-13,22H,4,7-9,17H2,(H,21,23)(H,24,25)(H4,18,19,20)/t11-,12-,13-/m0/s1. The first kappa shape index (κ1) is 20.4. The Labute approximate surface area is 145 Å². The summed E-state index contributed by atoms with van der Waals surface area (Å²) in [5.74, 6) is -2.11. The van der Waals surface area contributed by atoms with Crippen LogP contribution in [-0.4, -0.2) is 52.8 Å². The molecule has 1 aromatic rings. The third kappa shape index (κ3) is 7.64. The van der Waals surface area contributed by atoms with Gasteiger partial charge in [-0.05, 0) is 24.8 Å². The van der Waals surface area contributed by atoms with Crippen LogP contribution in [0, 0.1) is 0 Å². The molecule has 0 saturated heterocycles. The largest absolute Gasteiger partial charge is 0.480 e. The van der Waals surface area contributed by atoms with Crippen LogP contribution in [0.15, 0.2) is 35.3 Å². The fourth-order valence-electron chi connectivity index (χ4n) is 2.21. The topological polar surface area (TPSA) is 177 Å². The van der Waals surface area contributed by atoms with E-state index in [0.29, 0.717) is 6.42 Å². The van der Waals surface area contributed by atoms with Crippen LogP contribution in [0.5, 0.6) is 0 Å². The maximum atomic E-state index is 12.1. The molecule has 0 aliphatic heterocycles. The van der Waals surface area contributed by atoms with Crippen molar-refractivity contribution in [1.82, 2.24) is 5.32 Å². The predicted molar refractivity (Wildman–Crippen MR) is 93.6 cm³/mol. The Morgan fingerprint density at radius 3 is 2.40 bits per heavy atom. The Balaban J connectivity index is 2.54. The van der Waals surface area contributed by atoms with Gasteiger partial charge in [-0.2, -0.15) is 0 Å². The molecule has 9 heteroatoms. The zero-order chi connectivity index (χ0) is 18.8. The van der Waals surface area contributed by atoms with Crippen LogP contribution in [0.3, 0.4) is 0 Å². The van der Waals surface area contributed by atoms with Crippen LogP contribution >= 0.6 is 0 Å². The number of benzene rings is 1. The van der Waals surface area contributed by atoms with E-state index < -0.39 is 30.1 Å². The molecule has 0 bridgehead atoms. The van der Waals surface area contributed by atoms with Crippen molar-refractivity contribution in [1.29, 1.82) is 0 Å².